The maximum atomic E-state index is 10.5. The highest BCUT2D eigenvalue weighted by atomic mass is 32.2. The lowest BCUT2D eigenvalue weighted by molar-refractivity contribution is -0.120. The van der Waals surface area contributed by atoms with Gasteiger partial charge in [-0.05, 0) is 0 Å². The molecule has 4 N–H and O–H groups in total. The number of carbonyl (C=O) groups excluding carboxylic acids is 1. The van der Waals surface area contributed by atoms with Crippen molar-refractivity contribution < 1.29 is 13.2 Å². The van der Waals surface area contributed by atoms with E-state index in [2.05, 4.69) is 10.5 Å². The highest BCUT2D eigenvalue weighted by Crippen LogP contribution is 1.76. The van der Waals surface area contributed by atoms with Crippen LogP contribution in [0.2, 0.25) is 0 Å². The highest BCUT2D eigenvalue weighted by molar-refractivity contribution is 7.87. The first-order chi connectivity index (χ1) is 4.95. The van der Waals surface area contributed by atoms with Gasteiger partial charge in [0.1, 0.15) is 0 Å². The van der Waals surface area contributed by atoms with E-state index in [0.717, 1.165) is 0 Å². The monoisotopic (exact) mass is 181 g/mol. The first-order valence-corrected chi connectivity index (χ1v) is 4.48. The third-order valence-corrected chi connectivity index (χ3v) is 1.54. The van der Waals surface area contributed by atoms with Gasteiger partial charge in [-0.25, -0.2) is 9.86 Å². The molecule has 0 saturated heterocycles. The summed E-state index contributed by atoms with van der Waals surface area (Å²) in [6.45, 7) is 0.0263. The van der Waals surface area contributed by atoms with Crippen LogP contribution in [0.1, 0.15) is 6.42 Å². The zero-order chi connectivity index (χ0) is 8.91. The quantitative estimate of drug-likeness (QED) is 0.463. The third-order valence-electron chi connectivity index (χ3n) is 0.934. The maximum absolute atomic E-state index is 10.5. The number of amides is 1. The van der Waals surface area contributed by atoms with Crippen LogP contribution in [-0.4, -0.2) is 27.9 Å². The zero-order valence-electron chi connectivity index (χ0n) is 6.12. The molecule has 6 nitrogen and oxygen atoms in total. The van der Waals surface area contributed by atoms with E-state index >= 15 is 0 Å². The van der Waals surface area contributed by atoms with Gasteiger partial charge < -0.3 is 5.32 Å². The summed E-state index contributed by atoms with van der Waals surface area (Å²) >= 11 is 0. The van der Waals surface area contributed by atoms with Gasteiger partial charge in [0, 0.05) is 20.0 Å². The van der Waals surface area contributed by atoms with Crippen molar-refractivity contribution in [3.8, 4) is 0 Å². The molecule has 0 heterocycles. The molecule has 0 aromatic rings. The van der Waals surface area contributed by atoms with Crippen LogP contribution in [0.4, 0.5) is 0 Å². The number of hydrogen-bond donors (Lipinski definition) is 3. The van der Waals surface area contributed by atoms with Crippen molar-refractivity contribution in [2.45, 2.75) is 6.42 Å². The Morgan fingerprint density at radius 1 is 1.55 bits per heavy atom. The van der Waals surface area contributed by atoms with Gasteiger partial charge in [0.25, 0.3) is 10.2 Å². The van der Waals surface area contributed by atoms with Crippen LogP contribution >= 0.6 is 0 Å². The Balaban J connectivity index is 3.51. The molecule has 0 rings (SSSR count). The molecule has 0 unspecified atom stereocenters. The number of rotatable bonds is 4. The van der Waals surface area contributed by atoms with Crippen LogP contribution in [-0.2, 0) is 15.0 Å². The van der Waals surface area contributed by atoms with Crippen LogP contribution in [0.15, 0.2) is 0 Å². The van der Waals surface area contributed by atoms with Gasteiger partial charge in [-0.15, -0.1) is 0 Å². The minimum absolute atomic E-state index is 0.0263. The second-order valence-electron chi connectivity index (χ2n) is 1.86. The fraction of sp³-hybridized carbons (Fsp3) is 0.750. The molecular formula is C4H11N3O3S. The van der Waals surface area contributed by atoms with Gasteiger partial charge in [0.05, 0.1) is 0 Å². The lowest BCUT2D eigenvalue weighted by Gasteiger charge is -1.99. The Labute approximate surface area is 65.3 Å². The van der Waals surface area contributed by atoms with Gasteiger partial charge in [0.2, 0.25) is 5.91 Å². The Morgan fingerprint density at radius 2 is 2.09 bits per heavy atom. The summed E-state index contributed by atoms with van der Waals surface area (Å²) in [5, 5.41) is 6.93. The van der Waals surface area contributed by atoms with Gasteiger partial charge in [0.15, 0.2) is 0 Å². The molecule has 66 valence electrons. The zero-order valence-corrected chi connectivity index (χ0v) is 6.94. The molecule has 0 aliphatic carbocycles. The average Bonchev–Trinajstić information content (AvgIpc) is 1.85. The van der Waals surface area contributed by atoms with Crippen molar-refractivity contribution in [2.75, 3.05) is 13.6 Å². The Morgan fingerprint density at radius 3 is 2.45 bits per heavy atom. The summed E-state index contributed by atoms with van der Waals surface area (Å²) in [5.74, 6) is -0.235. The predicted molar refractivity (Wildman–Crippen MR) is 39.8 cm³/mol. The van der Waals surface area contributed by atoms with Crippen LogP contribution in [0.3, 0.4) is 0 Å². The third kappa shape index (κ3) is 7.23. The van der Waals surface area contributed by atoms with E-state index in [1.54, 1.807) is 0 Å². The number of nitrogens with one attached hydrogen (secondary N) is 2. The van der Waals surface area contributed by atoms with Gasteiger partial charge in [-0.1, -0.05) is 0 Å². The SMILES string of the molecule is CNC(=O)CCNS(N)(=O)=O. The van der Waals surface area contributed by atoms with Crippen molar-refractivity contribution in [3.05, 3.63) is 0 Å². The molecule has 0 aliphatic heterocycles. The lowest BCUT2D eigenvalue weighted by atomic mass is 10.4. The first kappa shape index (κ1) is 10.3. The minimum atomic E-state index is -3.66. The van der Waals surface area contributed by atoms with E-state index in [0.29, 0.717) is 0 Å². The summed E-state index contributed by atoms with van der Waals surface area (Å²) in [5.41, 5.74) is 0. The van der Waals surface area contributed by atoms with Crippen molar-refractivity contribution in [1.29, 1.82) is 0 Å². The molecule has 0 fully saturated rings. The van der Waals surface area contributed by atoms with E-state index in [1.165, 1.54) is 7.05 Å². The molecule has 7 heteroatoms. The second kappa shape index (κ2) is 4.27. The molecule has 1 amide bonds. The lowest BCUT2D eigenvalue weighted by Crippen LogP contribution is -2.33. The standard InChI is InChI=1S/C4H11N3O3S/c1-6-4(8)2-3-7-11(5,9)10/h7H,2-3H2,1H3,(H,6,8)(H2,5,9,10). The largest absolute Gasteiger partial charge is 0.359 e. The Hall–Kier alpha value is -0.660. The average molecular weight is 181 g/mol. The van der Waals surface area contributed by atoms with E-state index < -0.39 is 10.2 Å². The molecule has 0 bridgehead atoms. The fourth-order valence-corrected chi connectivity index (χ4v) is 0.818. The number of nitrogens with two attached hydrogens (primary N) is 1. The summed E-state index contributed by atoms with van der Waals surface area (Å²) in [6.07, 6.45) is 0.0902. The summed E-state index contributed by atoms with van der Waals surface area (Å²) < 4.78 is 22.4. The van der Waals surface area contributed by atoms with Gasteiger partial charge >= 0.3 is 0 Å². The second-order valence-corrected chi connectivity index (χ2v) is 3.24. The van der Waals surface area contributed by atoms with Crippen LogP contribution in [0.5, 0.6) is 0 Å². The van der Waals surface area contributed by atoms with Gasteiger partial charge in [-0.3, -0.25) is 4.79 Å². The van der Waals surface area contributed by atoms with Crippen LogP contribution in [0.25, 0.3) is 0 Å². The predicted octanol–water partition coefficient (Wildman–Crippen LogP) is -2.08. The fourth-order valence-electron chi connectivity index (χ4n) is 0.432. The topological polar surface area (TPSA) is 101 Å². The van der Waals surface area contributed by atoms with Crippen LogP contribution in [0, 0.1) is 0 Å². The molecule has 0 aromatic heterocycles. The first-order valence-electron chi connectivity index (χ1n) is 2.93. The Bertz CT molecular complexity index is 223. The molecule has 0 atom stereocenters. The maximum Gasteiger partial charge on any atom is 0.274 e. The smallest absolute Gasteiger partial charge is 0.274 e. The van der Waals surface area contributed by atoms with Crippen molar-refractivity contribution in [1.82, 2.24) is 10.0 Å². The summed E-state index contributed by atoms with van der Waals surface area (Å²) in [7, 11) is -2.19. The Kier molecular flexibility index (Phi) is 4.01. The molecule has 0 saturated carbocycles. The molecule has 11 heavy (non-hydrogen) atoms. The van der Waals surface area contributed by atoms with E-state index in [1.807, 2.05) is 4.72 Å². The van der Waals surface area contributed by atoms with Crippen molar-refractivity contribution in [3.63, 3.8) is 0 Å². The molecular weight excluding hydrogens is 170 g/mol. The van der Waals surface area contributed by atoms with Crippen molar-refractivity contribution in [2.24, 2.45) is 5.14 Å². The number of carbonyl (C=O) groups is 1. The highest BCUT2D eigenvalue weighted by Gasteiger charge is 2.01. The summed E-state index contributed by atoms with van der Waals surface area (Å²) in [6, 6.07) is 0. The van der Waals surface area contributed by atoms with E-state index in [4.69, 9.17) is 0 Å². The molecule has 0 spiro atoms. The summed E-state index contributed by atoms with van der Waals surface area (Å²) in [4.78, 5) is 10.5. The van der Waals surface area contributed by atoms with Crippen LogP contribution < -0.4 is 15.2 Å². The number of hydrogen-bond acceptors (Lipinski definition) is 3. The van der Waals surface area contributed by atoms with E-state index in [9.17, 15) is 13.2 Å². The normalized spacial score (nSPS) is 11.1. The minimum Gasteiger partial charge on any atom is -0.359 e. The van der Waals surface area contributed by atoms with Gasteiger partial charge in [-0.2, -0.15) is 8.42 Å². The van der Waals surface area contributed by atoms with E-state index in [-0.39, 0.29) is 18.9 Å². The molecule has 0 aromatic carbocycles. The van der Waals surface area contributed by atoms with Crippen molar-refractivity contribution >= 4 is 16.1 Å². The molecule has 0 aliphatic rings. The molecule has 0 radical (unpaired) electrons.